The van der Waals surface area contributed by atoms with Crippen LogP contribution < -0.4 is 47.3 Å². The van der Waals surface area contributed by atoms with Gasteiger partial charge in [0.2, 0.25) is 0 Å². The average Bonchev–Trinajstić information content (AvgIpc) is 1.30. The largest absolute Gasteiger partial charge is 0.458 e. The Labute approximate surface area is 536 Å². The van der Waals surface area contributed by atoms with Crippen LogP contribution in [0, 0.1) is 27.7 Å². The first kappa shape index (κ1) is 57.9. The Morgan fingerprint density at radius 1 is 0.322 bits per heavy atom. The van der Waals surface area contributed by atoms with E-state index in [0.29, 0.717) is 0 Å². The van der Waals surface area contributed by atoms with Crippen molar-refractivity contribution in [3.05, 3.63) is 220 Å². The van der Waals surface area contributed by atoms with Crippen LogP contribution in [-0.4, -0.2) is 18.0 Å². The lowest BCUT2D eigenvalue weighted by atomic mass is 9.30. The first-order valence-corrected chi connectivity index (χ1v) is 32.9. The van der Waals surface area contributed by atoms with E-state index in [1.807, 2.05) is 0 Å². The second-order valence-corrected chi connectivity index (χ2v) is 32.1. The summed E-state index contributed by atoms with van der Waals surface area (Å²) in [6, 6.07) is 67.2. The zero-order chi connectivity index (χ0) is 63.4. The molecular weight excluding hydrogens is 1090 g/mol. The number of aryl methyl sites for hydroxylation is 4. The normalized spacial score (nSPS) is 14.2. The van der Waals surface area contributed by atoms with Crippen molar-refractivity contribution in [1.82, 2.24) is 4.57 Å². The van der Waals surface area contributed by atoms with Gasteiger partial charge in [0.05, 0.1) is 5.52 Å². The van der Waals surface area contributed by atoms with Crippen molar-refractivity contribution >= 4 is 102 Å². The van der Waals surface area contributed by atoms with Crippen molar-refractivity contribution in [3.8, 4) is 39.4 Å². The summed E-state index contributed by atoms with van der Waals surface area (Å²) in [6.07, 6.45) is 0. The van der Waals surface area contributed by atoms with Crippen LogP contribution in [0.2, 0.25) is 0 Å². The Bertz CT molecular complexity index is 4830. The van der Waals surface area contributed by atoms with E-state index in [1.54, 1.807) is 0 Å². The molecule has 0 bridgehead atoms. The molecule has 4 nitrogen and oxygen atoms in total. The topological polar surface area (TPSA) is 20.6 Å². The Morgan fingerprint density at radius 3 is 1.29 bits per heavy atom. The van der Waals surface area contributed by atoms with Crippen LogP contribution in [0.1, 0.15) is 154 Å². The zero-order valence-electron chi connectivity index (χ0n) is 56.6. The SMILES string of the molecule is Cc1cccc(C)c1-c1cc2c3c(c1)N(c1ccc(C(C)(C)C)cc1)c1cc4c(cc1B3c1cc(C(C)(C)C)ccc1N2c1ccc(C(C)(C)C)cc1)B1c2c(cc(-c3c(C)cccc3C)cc2-n2c3ccc(C(C)(C)C)cc3c3cc(C(C)(C)C)cc1c32)O4. The minimum absolute atomic E-state index is 0.00381. The molecule has 4 aliphatic rings. The first-order valence-electron chi connectivity index (χ1n) is 32.9. The van der Waals surface area contributed by atoms with Gasteiger partial charge in [-0.05, 0) is 233 Å². The van der Waals surface area contributed by atoms with Gasteiger partial charge in [-0.3, -0.25) is 0 Å². The summed E-state index contributed by atoms with van der Waals surface area (Å²) in [5, 5.41) is 2.61. The molecule has 10 aromatic carbocycles. The van der Waals surface area contributed by atoms with Crippen molar-refractivity contribution in [2.45, 2.75) is 159 Å². The average molecular weight is 1170 g/mol. The molecule has 0 unspecified atom stereocenters. The molecule has 0 spiro atoms. The first-order chi connectivity index (χ1) is 42.4. The molecule has 11 aromatic rings. The summed E-state index contributed by atoms with van der Waals surface area (Å²) < 4.78 is 10.5. The van der Waals surface area contributed by atoms with Gasteiger partial charge < -0.3 is 19.1 Å². The highest BCUT2D eigenvalue weighted by Gasteiger charge is 2.48. The molecule has 0 fully saturated rings. The zero-order valence-corrected chi connectivity index (χ0v) is 56.6. The van der Waals surface area contributed by atoms with Crippen LogP contribution in [0.3, 0.4) is 0 Å². The molecule has 0 N–H and O–H groups in total. The fourth-order valence-electron chi connectivity index (χ4n) is 15.7. The van der Waals surface area contributed by atoms with E-state index in [9.17, 15) is 0 Å². The predicted molar refractivity (Wildman–Crippen MR) is 389 cm³/mol. The summed E-state index contributed by atoms with van der Waals surface area (Å²) in [5.41, 5.74) is 34.6. The Balaban J connectivity index is 1.09. The second-order valence-electron chi connectivity index (χ2n) is 32.1. The standard InChI is InChI=1S/C84H85B2N3O/c1-48-22-20-23-49(2)75(48)52-38-70-77-71(39-52)88(60-34-28-55(29-35-60)81(8,9)10)69-47-73-65(46-64(69)85(77)63-44-57(83(14,15)16)31-37-68(63)87(70)59-32-26-54(27-33-59)80(5,6)7)86-66-45-58(84(17,18)19)43-62-61-42-56(82(11,12)13)30-36-67(61)89(79(62)66)72-40-53(41-74(90-73)78(72)86)76-50(3)24-21-25-51(76)4/h20-47H,1-19H3. The van der Waals surface area contributed by atoms with Gasteiger partial charge in [0, 0.05) is 62.2 Å². The van der Waals surface area contributed by atoms with E-state index < -0.39 is 0 Å². The van der Waals surface area contributed by atoms with Crippen molar-refractivity contribution in [3.63, 3.8) is 0 Å². The van der Waals surface area contributed by atoms with Crippen molar-refractivity contribution in [2.24, 2.45) is 0 Å². The third-order valence-corrected chi connectivity index (χ3v) is 20.7. The molecule has 0 aliphatic carbocycles. The fourth-order valence-corrected chi connectivity index (χ4v) is 15.7. The number of fused-ring (bicyclic) bond motifs is 11. The highest BCUT2D eigenvalue weighted by Crippen LogP contribution is 2.50. The van der Waals surface area contributed by atoms with Gasteiger partial charge in [-0.2, -0.15) is 0 Å². The van der Waals surface area contributed by atoms with Gasteiger partial charge in [-0.25, -0.2) is 0 Å². The molecule has 90 heavy (non-hydrogen) atoms. The van der Waals surface area contributed by atoms with Gasteiger partial charge >= 0.3 is 0 Å². The lowest BCUT2D eigenvalue weighted by Crippen LogP contribution is -2.64. The summed E-state index contributed by atoms with van der Waals surface area (Å²) in [6.45, 7) is 43.9. The molecule has 15 rings (SSSR count). The maximum absolute atomic E-state index is 7.85. The summed E-state index contributed by atoms with van der Waals surface area (Å²) in [4.78, 5) is 5.21. The van der Waals surface area contributed by atoms with Crippen LogP contribution in [0.25, 0.3) is 49.7 Å². The van der Waals surface area contributed by atoms with Crippen LogP contribution >= 0.6 is 0 Å². The van der Waals surface area contributed by atoms with E-state index in [4.69, 9.17) is 4.74 Å². The molecule has 6 heteroatoms. The van der Waals surface area contributed by atoms with Gasteiger partial charge in [0.25, 0.3) is 13.4 Å². The minimum atomic E-state index is -0.145. The number of benzene rings is 10. The van der Waals surface area contributed by atoms with Crippen molar-refractivity contribution in [2.75, 3.05) is 9.80 Å². The number of hydrogen-bond donors (Lipinski definition) is 0. The van der Waals surface area contributed by atoms with Crippen LogP contribution in [0.5, 0.6) is 11.5 Å². The molecule has 4 aliphatic heterocycles. The molecule has 1 aromatic heterocycles. The van der Waals surface area contributed by atoms with Gasteiger partial charge in [-0.1, -0.05) is 195 Å². The molecule has 0 saturated carbocycles. The number of aromatic nitrogens is 1. The fraction of sp³-hybridized carbons (Fsp3) is 0.286. The Kier molecular flexibility index (Phi) is 12.6. The number of rotatable bonds is 4. The van der Waals surface area contributed by atoms with E-state index in [2.05, 4.69) is 316 Å². The molecule has 5 heterocycles. The number of nitrogens with zero attached hydrogens (tertiary/aromatic N) is 3. The molecule has 448 valence electrons. The predicted octanol–water partition coefficient (Wildman–Crippen LogP) is 18.9. The molecular formula is C84H85B2N3O. The Morgan fingerprint density at radius 2 is 0.756 bits per heavy atom. The highest BCUT2D eigenvalue weighted by molar-refractivity contribution is 7.02. The van der Waals surface area contributed by atoms with Gasteiger partial charge in [0.1, 0.15) is 11.5 Å². The van der Waals surface area contributed by atoms with Gasteiger partial charge in [-0.15, -0.1) is 0 Å². The Hall–Kier alpha value is -8.47. The van der Waals surface area contributed by atoms with E-state index >= 15 is 0 Å². The maximum Gasteiger partial charge on any atom is 0.256 e. The van der Waals surface area contributed by atoms with Crippen LogP contribution in [-0.2, 0) is 27.1 Å². The molecule has 0 atom stereocenters. The highest BCUT2D eigenvalue weighted by atomic mass is 16.5. The summed E-state index contributed by atoms with van der Waals surface area (Å²) >= 11 is 0. The number of hydrogen-bond acceptors (Lipinski definition) is 3. The van der Waals surface area contributed by atoms with E-state index in [0.717, 1.165) is 28.6 Å². The third kappa shape index (κ3) is 8.84. The van der Waals surface area contributed by atoms with Crippen LogP contribution in [0.15, 0.2) is 170 Å². The quantitative estimate of drug-likeness (QED) is 0.164. The van der Waals surface area contributed by atoms with E-state index in [1.165, 1.54) is 150 Å². The minimum Gasteiger partial charge on any atom is -0.458 e. The second kappa shape index (κ2) is 19.5. The molecule has 0 amide bonds. The lowest BCUT2D eigenvalue weighted by Gasteiger charge is -2.45. The number of anilines is 6. The van der Waals surface area contributed by atoms with Crippen molar-refractivity contribution in [1.29, 1.82) is 0 Å². The van der Waals surface area contributed by atoms with Gasteiger partial charge in [0.15, 0.2) is 0 Å². The van der Waals surface area contributed by atoms with Crippen molar-refractivity contribution < 1.29 is 4.74 Å². The summed E-state index contributed by atoms with van der Waals surface area (Å²) in [7, 11) is 0. The third-order valence-electron chi connectivity index (χ3n) is 20.7. The lowest BCUT2D eigenvalue weighted by molar-refractivity contribution is 0.487. The molecule has 0 saturated heterocycles. The van der Waals surface area contributed by atoms with E-state index in [-0.39, 0.29) is 40.5 Å². The number of ether oxygens (including phenoxy) is 1. The van der Waals surface area contributed by atoms with Crippen LogP contribution in [0.4, 0.5) is 34.1 Å². The molecule has 0 radical (unpaired) electrons. The smallest absolute Gasteiger partial charge is 0.256 e. The maximum atomic E-state index is 7.85. The summed E-state index contributed by atoms with van der Waals surface area (Å²) in [5.74, 6) is 1.81. The monoisotopic (exact) mass is 1170 g/mol.